The van der Waals surface area contributed by atoms with Crippen LogP contribution in [-0.4, -0.2) is 28.6 Å². The third-order valence-corrected chi connectivity index (χ3v) is 4.57. The van der Waals surface area contributed by atoms with Crippen molar-refractivity contribution in [3.8, 4) is 5.75 Å². The lowest BCUT2D eigenvalue weighted by Gasteiger charge is -2.42. The van der Waals surface area contributed by atoms with E-state index >= 15 is 0 Å². The van der Waals surface area contributed by atoms with Crippen LogP contribution in [0.5, 0.6) is 5.75 Å². The van der Waals surface area contributed by atoms with Crippen LogP contribution in [-0.2, 0) is 15.0 Å². The molecule has 0 heterocycles. The van der Waals surface area contributed by atoms with Gasteiger partial charge in [0.25, 0.3) is 5.91 Å². The van der Waals surface area contributed by atoms with E-state index in [1.54, 1.807) is 6.92 Å². The molecule has 1 aliphatic carbocycles. The molecule has 1 saturated carbocycles. The van der Waals surface area contributed by atoms with Crippen molar-refractivity contribution in [2.45, 2.75) is 70.4 Å². The average Bonchev–Trinajstić information content (AvgIpc) is 2.43. The molecule has 1 amide bonds. The maximum Gasteiger partial charge on any atom is 0.305 e. The van der Waals surface area contributed by atoms with Gasteiger partial charge in [-0.05, 0) is 49.3 Å². The third-order valence-electron chi connectivity index (χ3n) is 4.57. The van der Waals surface area contributed by atoms with Crippen molar-refractivity contribution in [1.29, 1.82) is 0 Å². The lowest BCUT2D eigenvalue weighted by molar-refractivity contribution is -0.141. The van der Waals surface area contributed by atoms with Gasteiger partial charge in [-0.3, -0.25) is 9.59 Å². The van der Waals surface area contributed by atoms with Crippen molar-refractivity contribution >= 4 is 11.9 Å². The van der Waals surface area contributed by atoms with Crippen LogP contribution in [0.25, 0.3) is 0 Å². The molecule has 1 aliphatic rings. The summed E-state index contributed by atoms with van der Waals surface area (Å²) in [4.78, 5) is 23.4. The van der Waals surface area contributed by atoms with Gasteiger partial charge >= 0.3 is 5.97 Å². The minimum Gasteiger partial charge on any atom is -0.481 e. The number of carbonyl (C=O) groups excluding carboxylic acids is 1. The van der Waals surface area contributed by atoms with Crippen molar-refractivity contribution in [3.05, 3.63) is 29.8 Å². The number of hydrogen-bond acceptors (Lipinski definition) is 3. The van der Waals surface area contributed by atoms with Crippen LogP contribution >= 0.6 is 0 Å². The van der Waals surface area contributed by atoms with Crippen LogP contribution in [0, 0.1) is 0 Å². The van der Waals surface area contributed by atoms with Crippen LogP contribution in [0.15, 0.2) is 24.3 Å². The number of amides is 1. The predicted octanol–water partition coefficient (Wildman–Crippen LogP) is 3.27. The summed E-state index contributed by atoms with van der Waals surface area (Å²) in [7, 11) is 0. The number of nitrogens with one attached hydrogen (secondary N) is 1. The molecule has 0 aliphatic heterocycles. The van der Waals surface area contributed by atoms with Gasteiger partial charge in [-0.2, -0.15) is 0 Å². The Kier molecular flexibility index (Phi) is 5.21. The first-order chi connectivity index (χ1) is 11.1. The van der Waals surface area contributed by atoms with Gasteiger partial charge in [0.15, 0.2) is 6.10 Å². The number of aliphatic carboxylic acids is 1. The smallest absolute Gasteiger partial charge is 0.305 e. The summed E-state index contributed by atoms with van der Waals surface area (Å²) >= 11 is 0. The zero-order valence-electron chi connectivity index (χ0n) is 14.9. The summed E-state index contributed by atoms with van der Waals surface area (Å²) in [6.45, 7) is 8.05. The summed E-state index contributed by atoms with van der Waals surface area (Å²) in [5.41, 5.74) is 0.532. The van der Waals surface area contributed by atoms with Crippen molar-refractivity contribution in [2.24, 2.45) is 0 Å². The van der Waals surface area contributed by atoms with Gasteiger partial charge in [0.1, 0.15) is 5.75 Å². The summed E-state index contributed by atoms with van der Waals surface area (Å²) in [5.74, 6) is -0.510. The summed E-state index contributed by atoms with van der Waals surface area (Å²) in [6, 6.07) is 7.72. The van der Waals surface area contributed by atoms with Crippen molar-refractivity contribution in [3.63, 3.8) is 0 Å². The number of hydrogen-bond donors (Lipinski definition) is 2. The van der Waals surface area contributed by atoms with Crippen molar-refractivity contribution < 1.29 is 19.4 Å². The van der Waals surface area contributed by atoms with Crippen molar-refractivity contribution in [2.75, 3.05) is 0 Å². The van der Waals surface area contributed by atoms with E-state index in [9.17, 15) is 9.59 Å². The van der Waals surface area contributed by atoms with E-state index in [4.69, 9.17) is 9.84 Å². The lowest BCUT2D eigenvalue weighted by atomic mass is 9.74. The van der Waals surface area contributed by atoms with Gasteiger partial charge in [-0.1, -0.05) is 32.9 Å². The van der Waals surface area contributed by atoms with E-state index in [0.29, 0.717) is 18.6 Å². The zero-order chi connectivity index (χ0) is 18.0. The highest BCUT2D eigenvalue weighted by Crippen LogP contribution is 2.35. The Bertz CT molecular complexity index is 614. The fraction of sp³-hybridized carbons (Fsp3) is 0.579. The highest BCUT2D eigenvalue weighted by Gasteiger charge is 2.41. The van der Waals surface area contributed by atoms with Gasteiger partial charge in [-0.25, -0.2) is 0 Å². The molecule has 132 valence electrons. The Balaban J connectivity index is 2.00. The van der Waals surface area contributed by atoms with Crippen LogP contribution in [0.4, 0.5) is 0 Å². The maximum atomic E-state index is 12.4. The van der Waals surface area contributed by atoms with Crippen LogP contribution in [0.1, 0.15) is 58.9 Å². The number of carboxylic acid groups (broad SMARTS) is 1. The molecule has 0 spiro atoms. The number of ether oxygens (including phenoxy) is 1. The molecule has 1 aromatic carbocycles. The molecule has 0 radical (unpaired) electrons. The van der Waals surface area contributed by atoms with Crippen LogP contribution in [0.2, 0.25) is 0 Å². The predicted molar refractivity (Wildman–Crippen MR) is 92.2 cm³/mol. The first-order valence-electron chi connectivity index (χ1n) is 8.42. The van der Waals surface area contributed by atoms with Crippen LogP contribution < -0.4 is 10.1 Å². The SMILES string of the molecule is CC(Oc1cccc(C(C)(C)C)c1)C(=O)NC1(CC(=O)O)CCC1. The highest BCUT2D eigenvalue weighted by atomic mass is 16.5. The molecule has 5 nitrogen and oxygen atoms in total. The number of carbonyl (C=O) groups is 2. The monoisotopic (exact) mass is 333 g/mol. The molecule has 5 heteroatoms. The molecular formula is C19H27NO4. The van der Waals surface area contributed by atoms with E-state index < -0.39 is 17.6 Å². The molecule has 1 atom stereocenters. The summed E-state index contributed by atoms with van der Waals surface area (Å²) < 4.78 is 5.77. The minimum atomic E-state index is -0.888. The summed E-state index contributed by atoms with van der Waals surface area (Å²) in [5, 5.41) is 11.9. The molecule has 1 aromatic rings. The fourth-order valence-electron chi connectivity index (χ4n) is 2.90. The van der Waals surface area contributed by atoms with Gasteiger partial charge < -0.3 is 15.2 Å². The third kappa shape index (κ3) is 4.49. The second kappa shape index (κ2) is 6.83. The number of benzene rings is 1. The maximum absolute atomic E-state index is 12.4. The van der Waals surface area contributed by atoms with Crippen molar-refractivity contribution in [1.82, 2.24) is 5.32 Å². The molecule has 2 N–H and O–H groups in total. The Morgan fingerprint density at radius 1 is 1.33 bits per heavy atom. The topological polar surface area (TPSA) is 75.6 Å². The largest absolute Gasteiger partial charge is 0.481 e. The molecule has 2 rings (SSSR count). The van der Waals surface area contributed by atoms with E-state index in [1.165, 1.54) is 0 Å². The first-order valence-corrected chi connectivity index (χ1v) is 8.42. The Morgan fingerprint density at radius 2 is 2.00 bits per heavy atom. The average molecular weight is 333 g/mol. The highest BCUT2D eigenvalue weighted by molar-refractivity contribution is 5.82. The number of carboxylic acids is 1. The van der Waals surface area contributed by atoms with Crippen LogP contribution in [0.3, 0.4) is 0 Å². The van der Waals surface area contributed by atoms with Gasteiger partial charge in [0, 0.05) is 0 Å². The lowest BCUT2D eigenvalue weighted by Crippen LogP contribution is -2.57. The Labute approximate surface area is 143 Å². The normalized spacial score (nSPS) is 17.5. The quantitative estimate of drug-likeness (QED) is 0.838. The molecule has 0 saturated heterocycles. The standard InChI is InChI=1S/C19H27NO4/c1-13(17(23)20-19(9-6-10-19)12-16(21)22)24-15-8-5-7-14(11-15)18(2,3)4/h5,7-8,11,13H,6,9-10,12H2,1-4H3,(H,20,23)(H,21,22). The second-order valence-electron chi connectivity index (χ2n) is 7.73. The second-order valence-corrected chi connectivity index (χ2v) is 7.73. The molecule has 1 fully saturated rings. The molecule has 0 bridgehead atoms. The van der Waals surface area contributed by atoms with Gasteiger partial charge in [0.2, 0.25) is 0 Å². The number of rotatable bonds is 6. The van der Waals surface area contributed by atoms with Gasteiger partial charge in [0.05, 0.1) is 12.0 Å². The molecule has 0 aromatic heterocycles. The molecular weight excluding hydrogens is 306 g/mol. The fourth-order valence-corrected chi connectivity index (χ4v) is 2.90. The van der Waals surface area contributed by atoms with E-state index in [-0.39, 0.29) is 17.7 Å². The molecule has 24 heavy (non-hydrogen) atoms. The minimum absolute atomic E-state index is 0.00232. The summed E-state index contributed by atoms with van der Waals surface area (Å²) in [6.07, 6.45) is 1.64. The molecule has 1 unspecified atom stereocenters. The van der Waals surface area contributed by atoms with E-state index in [2.05, 4.69) is 26.1 Å². The Morgan fingerprint density at radius 3 is 2.50 bits per heavy atom. The van der Waals surface area contributed by atoms with E-state index in [0.717, 1.165) is 12.0 Å². The Hall–Kier alpha value is -2.04. The first kappa shape index (κ1) is 18.3. The van der Waals surface area contributed by atoms with E-state index in [1.807, 2.05) is 24.3 Å². The zero-order valence-corrected chi connectivity index (χ0v) is 14.9. The van der Waals surface area contributed by atoms with Gasteiger partial charge in [-0.15, -0.1) is 0 Å².